The molecule has 0 spiro atoms. The summed E-state index contributed by atoms with van der Waals surface area (Å²) in [5.41, 5.74) is 37.8. The second-order valence-corrected chi connectivity index (χ2v) is 16.7. The number of phenols is 2. The summed E-state index contributed by atoms with van der Waals surface area (Å²) in [5.74, 6) is -3.16. The second kappa shape index (κ2) is 16.4. The number of aromatic amines is 3. The van der Waals surface area contributed by atoms with Crippen LogP contribution in [0.1, 0.15) is 51.1 Å². The number of fused-ring (bicyclic) bond motifs is 5. The molecule has 66 heavy (non-hydrogen) atoms. The number of rotatable bonds is 14. The summed E-state index contributed by atoms with van der Waals surface area (Å²) in [7, 11) is 0. The van der Waals surface area contributed by atoms with Crippen LogP contribution in [0.3, 0.4) is 0 Å². The predicted octanol–water partition coefficient (Wildman–Crippen LogP) is 3.85. The Morgan fingerprint density at radius 1 is 0.515 bits per heavy atom. The molecule has 0 saturated carbocycles. The van der Waals surface area contributed by atoms with Gasteiger partial charge in [0.1, 0.15) is 11.5 Å². The number of nitrogens with two attached hydrogens (primary N) is 5. The van der Waals surface area contributed by atoms with E-state index in [0.717, 1.165) is 17.2 Å². The van der Waals surface area contributed by atoms with Gasteiger partial charge in [-0.05, 0) is 129 Å². The van der Waals surface area contributed by atoms with Crippen LogP contribution in [0.4, 0.5) is 0 Å². The topological polar surface area (TPSA) is 311 Å². The number of Topliss-reactive ketones (excluding diaryl/α,β-unsaturated/α-hetero) is 3. The molecule has 5 aromatic rings. The molecule has 3 aliphatic carbocycles. The zero-order valence-electron chi connectivity index (χ0n) is 35.7. The van der Waals surface area contributed by atoms with Gasteiger partial charge in [0.15, 0.2) is 11.6 Å². The van der Waals surface area contributed by atoms with Crippen molar-refractivity contribution in [2.45, 2.75) is 32.1 Å². The molecule has 10 rings (SSSR count). The Balaban J connectivity index is 1.21. The number of carbonyl (C=O) groups is 4. The second-order valence-electron chi connectivity index (χ2n) is 16.7. The van der Waals surface area contributed by atoms with E-state index >= 15 is 9.59 Å². The highest BCUT2D eigenvalue weighted by molar-refractivity contribution is 6.53. The Hall–Kier alpha value is -7.60. The molecule has 332 valence electrons. The molecular weight excluding hydrogens is 837 g/mol. The molecule has 0 unspecified atom stereocenters. The number of nitrogens with zero attached hydrogens (tertiary/aromatic N) is 2. The molecule has 0 fully saturated rings. The monoisotopic (exact) mass is 882 g/mol. The van der Waals surface area contributed by atoms with Gasteiger partial charge in [0, 0.05) is 108 Å². The van der Waals surface area contributed by atoms with Gasteiger partial charge in [-0.15, -0.1) is 0 Å². The van der Waals surface area contributed by atoms with Crippen molar-refractivity contribution in [2.75, 3.05) is 32.7 Å². The van der Waals surface area contributed by atoms with E-state index in [4.69, 9.17) is 33.7 Å². The van der Waals surface area contributed by atoms with E-state index in [-0.39, 0.29) is 87.9 Å². The lowest BCUT2D eigenvalue weighted by molar-refractivity contribution is -0.114. The van der Waals surface area contributed by atoms with Crippen molar-refractivity contribution in [1.29, 1.82) is 0 Å². The van der Waals surface area contributed by atoms with Gasteiger partial charge in [-0.2, -0.15) is 0 Å². The fourth-order valence-corrected chi connectivity index (χ4v) is 10.1. The molecule has 0 atom stereocenters. The summed E-state index contributed by atoms with van der Waals surface area (Å²) in [4.78, 5) is 77.2. The average Bonchev–Trinajstić information content (AvgIpc) is 4.16. The van der Waals surface area contributed by atoms with E-state index in [1.54, 1.807) is 55.1 Å². The molecule has 0 radical (unpaired) electrons. The summed E-state index contributed by atoms with van der Waals surface area (Å²) < 4.78 is 0. The van der Waals surface area contributed by atoms with Crippen LogP contribution in [-0.4, -0.2) is 92.4 Å². The number of phenolic OH excluding ortho intramolecular Hbond substituents is 2. The quantitative estimate of drug-likeness (QED) is 0.0564. The molecule has 0 bridgehead atoms. The first-order chi connectivity index (χ1) is 32.0. The number of aromatic hydroxyl groups is 2. The van der Waals surface area contributed by atoms with Crippen molar-refractivity contribution < 1.29 is 29.4 Å². The van der Waals surface area contributed by atoms with Crippen LogP contribution in [0.5, 0.6) is 11.5 Å². The third-order valence-electron chi connectivity index (χ3n) is 12.9. The highest BCUT2D eigenvalue weighted by Crippen LogP contribution is 2.52. The van der Waals surface area contributed by atoms with Crippen LogP contribution < -0.4 is 28.7 Å². The molecule has 2 aromatic carbocycles. The van der Waals surface area contributed by atoms with Crippen molar-refractivity contribution >= 4 is 67.5 Å². The van der Waals surface area contributed by atoms with Crippen molar-refractivity contribution in [1.82, 2.24) is 15.0 Å². The average molecular weight is 883 g/mol. The van der Waals surface area contributed by atoms with E-state index in [0.29, 0.717) is 105 Å². The first-order valence-electron chi connectivity index (χ1n) is 21.8. The number of H-pyrrole nitrogens is 3. The van der Waals surface area contributed by atoms with E-state index < -0.39 is 23.1 Å². The van der Waals surface area contributed by atoms with Crippen LogP contribution in [-0.2, 0) is 33.6 Å². The van der Waals surface area contributed by atoms with E-state index in [2.05, 4.69) is 19.9 Å². The molecular formula is C50H46N10O6. The molecule has 0 saturated heterocycles. The highest BCUT2D eigenvalue weighted by atomic mass is 16.3. The van der Waals surface area contributed by atoms with E-state index in [1.165, 1.54) is 0 Å². The predicted molar refractivity (Wildman–Crippen MR) is 254 cm³/mol. The minimum absolute atomic E-state index is 0.00688. The van der Waals surface area contributed by atoms with Crippen molar-refractivity contribution in [3.63, 3.8) is 0 Å². The van der Waals surface area contributed by atoms with E-state index in [9.17, 15) is 19.8 Å². The summed E-state index contributed by atoms with van der Waals surface area (Å²) in [6.45, 7) is 1.26. The summed E-state index contributed by atoms with van der Waals surface area (Å²) in [6, 6.07) is 4.99. The molecule has 15 N–H and O–H groups in total. The number of nitrogens with one attached hydrogen (secondary N) is 3. The maximum Gasteiger partial charge on any atom is 0.235 e. The lowest BCUT2D eigenvalue weighted by atomic mass is 9.73. The Morgan fingerprint density at radius 2 is 1.06 bits per heavy atom. The Bertz CT molecular complexity index is 3350. The lowest BCUT2D eigenvalue weighted by Crippen LogP contribution is -2.29. The normalized spacial score (nSPS) is 17.0. The van der Waals surface area contributed by atoms with Crippen LogP contribution >= 0.6 is 0 Å². The third-order valence-corrected chi connectivity index (χ3v) is 12.9. The molecule has 5 aliphatic rings. The number of aliphatic imine (C=N–C) groups is 2. The maximum absolute atomic E-state index is 15.9. The number of hydrogen-bond acceptors (Lipinski definition) is 13. The van der Waals surface area contributed by atoms with Gasteiger partial charge >= 0.3 is 0 Å². The minimum Gasteiger partial charge on any atom is -0.507 e. The fraction of sp³-hybridized carbons (Fsp3) is 0.200. The molecule has 16 heteroatoms. The summed E-state index contributed by atoms with van der Waals surface area (Å²) >= 11 is 0. The van der Waals surface area contributed by atoms with Crippen LogP contribution in [0, 0.1) is 0 Å². The van der Waals surface area contributed by atoms with Crippen LogP contribution in [0.15, 0.2) is 116 Å². The molecule has 16 nitrogen and oxygen atoms in total. The lowest BCUT2D eigenvalue weighted by Gasteiger charge is -2.28. The first-order valence-corrected chi connectivity index (χ1v) is 21.8. The number of carbonyl (C=O) groups excluding carboxylic acids is 4. The number of allylic oxidation sites excluding steroid dienone is 10. The van der Waals surface area contributed by atoms with Crippen molar-refractivity contribution in [3.8, 4) is 22.6 Å². The summed E-state index contributed by atoms with van der Waals surface area (Å²) in [6.07, 6.45) is 14.6. The number of hydrogen-bond donors (Lipinski definition) is 10. The third kappa shape index (κ3) is 6.33. The zero-order chi connectivity index (χ0) is 46.1. The van der Waals surface area contributed by atoms with E-state index in [1.807, 2.05) is 6.20 Å². The Morgan fingerprint density at radius 3 is 1.70 bits per heavy atom. The van der Waals surface area contributed by atoms with Crippen molar-refractivity contribution in [3.05, 3.63) is 140 Å². The standard InChI is InChI=1S/C50H46N10O6/c51-8-3-22-17-56-31-1-2-35(61)44(37(22)31)45-40-25(6-11-54)20-59-34(40)15-30(49(45)65)43-39-24(5-10-53)19-58-33(39)14-29(48(43)64)42-38-23(4-9-52)18-57-32(38)13-28(47(42)63)27-16-36(62)50(66)41-26(7-12-55)21-60-46(27)41/h1-2,13-21,56,59-61,65H,3-12,51-55H2. The number of aromatic nitrogens is 3. The summed E-state index contributed by atoms with van der Waals surface area (Å²) in [5, 5.41) is 26.1. The van der Waals surface area contributed by atoms with Crippen molar-refractivity contribution in [2.24, 2.45) is 38.7 Å². The van der Waals surface area contributed by atoms with Gasteiger partial charge in [-0.3, -0.25) is 29.2 Å². The molecule has 5 heterocycles. The molecule has 3 aromatic heterocycles. The maximum atomic E-state index is 15.9. The van der Waals surface area contributed by atoms with Crippen LogP contribution in [0.25, 0.3) is 44.1 Å². The van der Waals surface area contributed by atoms with Gasteiger partial charge in [-0.1, -0.05) is 0 Å². The van der Waals surface area contributed by atoms with Gasteiger partial charge in [0.2, 0.25) is 11.6 Å². The SMILES string of the molecule is NCCC1=CN=C2C=C(C3=CC(=O)C(=O)c4c(CCN)c[nH]c43)C(=O)C(C3=CC4=NC=C(CCN)C4=C(c4cc5[nH]cc(CCN)c5c(-c5c(O)ccc6[nH]cc(CCN)c56)c4O)C3=O)=C12. The van der Waals surface area contributed by atoms with Crippen LogP contribution in [0.2, 0.25) is 0 Å². The zero-order valence-corrected chi connectivity index (χ0v) is 35.7. The Kier molecular flexibility index (Phi) is 10.5. The minimum atomic E-state index is -0.811. The number of benzene rings is 2. The smallest absolute Gasteiger partial charge is 0.235 e. The number of ketones is 4. The first kappa shape index (κ1) is 42.4. The van der Waals surface area contributed by atoms with Gasteiger partial charge in [-0.25, -0.2) is 0 Å². The Labute approximate surface area is 376 Å². The van der Waals surface area contributed by atoms with Gasteiger partial charge in [0.05, 0.1) is 22.7 Å². The molecule has 0 amide bonds. The largest absolute Gasteiger partial charge is 0.507 e. The fourth-order valence-electron chi connectivity index (χ4n) is 10.1. The van der Waals surface area contributed by atoms with Gasteiger partial charge < -0.3 is 53.8 Å². The molecule has 2 aliphatic heterocycles. The van der Waals surface area contributed by atoms with Gasteiger partial charge in [0.25, 0.3) is 0 Å². The highest BCUT2D eigenvalue weighted by Gasteiger charge is 2.43.